The van der Waals surface area contributed by atoms with Gasteiger partial charge in [0.15, 0.2) is 23.3 Å². The Morgan fingerprint density at radius 1 is 1.00 bits per heavy atom. The molecule has 0 aliphatic rings. The molecule has 0 bridgehead atoms. The van der Waals surface area contributed by atoms with Gasteiger partial charge in [-0.3, -0.25) is 0 Å². The fourth-order valence-corrected chi connectivity index (χ4v) is 1.58. The van der Waals surface area contributed by atoms with E-state index in [4.69, 9.17) is 4.80 Å². The average molecular weight is 273 g/mol. The lowest BCUT2D eigenvalue weighted by Gasteiger charge is -2.12. The van der Waals surface area contributed by atoms with Crippen LogP contribution in [0.4, 0.5) is 27.6 Å². The Morgan fingerprint density at radius 3 is 1.82 bits per heavy atom. The Hall–Kier alpha value is -1.19. The first-order chi connectivity index (χ1) is 7.90. The van der Waals surface area contributed by atoms with Crippen LogP contribution < -0.4 is 5.32 Å². The Labute approximate surface area is 94.7 Å². The van der Waals surface area contributed by atoms with Crippen LogP contribution in [0, 0.1) is 29.1 Å². The van der Waals surface area contributed by atoms with E-state index in [0.29, 0.717) is 0 Å². The highest BCUT2D eigenvalue weighted by molar-refractivity contribution is 6.43. The molecule has 0 saturated carbocycles. The molecule has 0 aliphatic carbocycles. The fourth-order valence-electron chi connectivity index (χ4n) is 1.03. The van der Waals surface area contributed by atoms with Gasteiger partial charge in [0.1, 0.15) is 5.69 Å². The Balaban J connectivity index is 3.07. The Bertz CT molecular complexity index is 402. The summed E-state index contributed by atoms with van der Waals surface area (Å²) >= 11 is 0. The molecular formula is C8H8F5NO2Si. The molecule has 0 heterocycles. The van der Waals surface area contributed by atoms with E-state index in [1.54, 1.807) is 0 Å². The molecule has 2 N–H and O–H groups in total. The summed E-state index contributed by atoms with van der Waals surface area (Å²) in [5.41, 5.74) is -1.18. The molecule has 96 valence electrons. The van der Waals surface area contributed by atoms with Crippen LogP contribution in [0.1, 0.15) is 0 Å². The maximum Gasteiger partial charge on any atom is 0.338 e. The van der Waals surface area contributed by atoms with Gasteiger partial charge in [-0.1, -0.05) is 0 Å². The molecule has 3 nitrogen and oxygen atoms in total. The van der Waals surface area contributed by atoms with Gasteiger partial charge in [0.2, 0.25) is 5.82 Å². The number of benzene rings is 1. The zero-order valence-corrected chi connectivity index (χ0v) is 9.68. The van der Waals surface area contributed by atoms with Crippen molar-refractivity contribution < 1.29 is 31.2 Å². The van der Waals surface area contributed by atoms with Gasteiger partial charge in [0, 0.05) is 7.11 Å². The number of hydrogen-bond acceptors (Lipinski definition) is 3. The molecule has 0 aromatic heterocycles. The molecular weight excluding hydrogens is 265 g/mol. The van der Waals surface area contributed by atoms with Crippen molar-refractivity contribution in [1.82, 2.24) is 0 Å². The second-order valence-corrected chi connectivity index (χ2v) is 4.81. The topological polar surface area (TPSA) is 41.5 Å². The van der Waals surface area contributed by atoms with Crippen LogP contribution in [0.15, 0.2) is 0 Å². The van der Waals surface area contributed by atoms with Gasteiger partial charge >= 0.3 is 9.28 Å². The third kappa shape index (κ3) is 2.73. The SMILES string of the molecule is CO[SiH](O)CNc1c(F)c(F)c(F)c(F)c1F. The van der Waals surface area contributed by atoms with Crippen molar-refractivity contribution in [3.8, 4) is 0 Å². The van der Waals surface area contributed by atoms with Crippen LogP contribution in [0.3, 0.4) is 0 Å². The summed E-state index contributed by atoms with van der Waals surface area (Å²) in [6.07, 6.45) is -0.394. The van der Waals surface area contributed by atoms with Gasteiger partial charge in [-0.25, -0.2) is 22.0 Å². The summed E-state index contributed by atoms with van der Waals surface area (Å²) in [6, 6.07) is 0. The quantitative estimate of drug-likeness (QED) is 0.375. The van der Waals surface area contributed by atoms with E-state index in [0.717, 1.165) is 7.11 Å². The first-order valence-electron chi connectivity index (χ1n) is 4.36. The van der Waals surface area contributed by atoms with Crippen molar-refractivity contribution in [1.29, 1.82) is 0 Å². The third-order valence-electron chi connectivity index (χ3n) is 1.94. The lowest BCUT2D eigenvalue weighted by atomic mass is 10.2. The zero-order chi connectivity index (χ0) is 13.2. The van der Waals surface area contributed by atoms with Crippen molar-refractivity contribution in [2.75, 3.05) is 18.6 Å². The summed E-state index contributed by atoms with van der Waals surface area (Å²) in [5.74, 6) is -10.3. The van der Waals surface area contributed by atoms with Crippen molar-refractivity contribution in [3.63, 3.8) is 0 Å². The average Bonchev–Trinajstić information content (AvgIpc) is 2.33. The molecule has 1 atom stereocenters. The predicted octanol–water partition coefficient (Wildman–Crippen LogP) is 1.19. The van der Waals surface area contributed by atoms with Gasteiger partial charge in [-0.2, -0.15) is 0 Å². The summed E-state index contributed by atoms with van der Waals surface area (Å²) in [5, 5.41) is 1.93. The van der Waals surface area contributed by atoms with Gasteiger partial charge in [-0.05, 0) is 0 Å². The smallest absolute Gasteiger partial charge is 0.338 e. The standard InChI is InChI=1S/C8H8F5NO2Si/c1-16-17(15)2-14-8-6(12)4(10)3(9)5(11)7(8)13/h14-15,17H,2H2,1H3. The number of nitrogens with one attached hydrogen (secondary N) is 1. The van der Waals surface area contributed by atoms with Crippen LogP contribution in [-0.4, -0.2) is 27.4 Å². The van der Waals surface area contributed by atoms with Gasteiger partial charge in [-0.15, -0.1) is 0 Å². The minimum atomic E-state index is -2.72. The van der Waals surface area contributed by atoms with E-state index in [9.17, 15) is 22.0 Å². The minimum absolute atomic E-state index is 0.394. The predicted molar refractivity (Wildman–Crippen MR) is 51.1 cm³/mol. The fraction of sp³-hybridized carbons (Fsp3) is 0.250. The van der Waals surface area contributed by atoms with E-state index in [1.165, 1.54) is 0 Å². The summed E-state index contributed by atoms with van der Waals surface area (Å²) in [7, 11) is -1.56. The van der Waals surface area contributed by atoms with Crippen molar-refractivity contribution in [2.24, 2.45) is 0 Å². The van der Waals surface area contributed by atoms with Crippen molar-refractivity contribution in [2.45, 2.75) is 0 Å². The summed E-state index contributed by atoms with van der Waals surface area (Å²) in [6.45, 7) is 0. The molecule has 0 spiro atoms. The molecule has 1 unspecified atom stereocenters. The highest BCUT2D eigenvalue weighted by Crippen LogP contribution is 2.26. The lowest BCUT2D eigenvalue weighted by Crippen LogP contribution is -2.28. The summed E-state index contributed by atoms with van der Waals surface area (Å²) < 4.78 is 68.7. The third-order valence-corrected chi connectivity index (χ3v) is 3.03. The van der Waals surface area contributed by atoms with E-state index >= 15 is 0 Å². The molecule has 0 radical (unpaired) electrons. The van der Waals surface area contributed by atoms with Crippen LogP contribution >= 0.6 is 0 Å². The van der Waals surface area contributed by atoms with E-state index in [1.807, 2.05) is 5.32 Å². The normalized spacial score (nSPS) is 12.6. The molecule has 9 heteroatoms. The molecule has 0 amide bonds. The van der Waals surface area contributed by atoms with Crippen LogP contribution in [0.5, 0.6) is 0 Å². The molecule has 17 heavy (non-hydrogen) atoms. The highest BCUT2D eigenvalue weighted by Gasteiger charge is 2.26. The summed E-state index contributed by atoms with van der Waals surface area (Å²) in [4.78, 5) is 9.04. The zero-order valence-electron chi connectivity index (χ0n) is 8.53. The van der Waals surface area contributed by atoms with Gasteiger partial charge in [0.25, 0.3) is 0 Å². The lowest BCUT2D eigenvalue weighted by molar-refractivity contribution is 0.329. The monoisotopic (exact) mass is 273 g/mol. The van der Waals surface area contributed by atoms with E-state index < -0.39 is 50.2 Å². The maximum absolute atomic E-state index is 13.1. The molecule has 1 aromatic carbocycles. The molecule has 1 aromatic rings. The van der Waals surface area contributed by atoms with E-state index in [-0.39, 0.29) is 0 Å². The number of halogens is 5. The van der Waals surface area contributed by atoms with Crippen LogP contribution in [0.25, 0.3) is 0 Å². The second-order valence-electron chi connectivity index (χ2n) is 3.02. The second kappa shape index (κ2) is 5.43. The van der Waals surface area contributed by atoms with Gasteiger partial charge in [0.05, 0.1) is 6.17 Å². The van der Waals surface area contributed by atoms with Gasteiger partial charge < -0.3 is 14.5 Å². The first-order valence-corrected chi connectivity index (χ1v) is 6.16. The Kier molecular flexibility index (Phi) is 4.43. The van der Waals surface area contributed by atoms with Crippen molar-refractivity contribution >= 4 is 15.0 Å². The number of hydrogen-bond donors (Lipinski definition) is 2. The van der Waals surface area contributed by atoms with Crippen LogP contribution in [0.2, 0.25) is 0 Å². The van der Waals surface area contributed by atoms with E-state index in [2.05, 4.69) is 4.43 Å². The van der Waals surface area contributed by atoms with Crippen molar-refractivity contribution in [3.05, 3.63) is 29.1 Å². The molecule has 0 aliphatic heterocycles. The Morgan fingerprint density at radius 2 is 1.41 bits per heavy atom. The minimum Gasteiger partial charge on any atom is -0.412 e. The maximum atomic E-state index is 13.1. The molecule has 1 rings (SSSR count). The molecule has 0 saturated heterocycles. The van der Waals surface area contributed by atoms with Crippen LogP contribution in [-0.2, 0) is 4.43 Å². The largest absolute Gasteiger partial charge is 0.412 e. The number of anilines is 1. The first kappa shape index (κ1) is 13.9. The highest BCUT2D eigenvalue weighted by atomic mass is 28.3. The number of rotatable bonds is 4. The molecule has 0 fully saturated rings.